The van der Waals surface area contributed by atoms with Crippen LogP contribution in [0.2, 0.25) is 20.1 Å². The fourth-order valence-electron chi connectivity index (χ4n) is 3.74. The minimum atomic E-state index is -0.656. The summed E-state index contributed by atoms with van der Waals surface area (Å²) in [5, 5.41) is 19.3. The molecule has 10 heteroatoms. The topological polar surface area (TPSA) is 87.1 Å². The first-order chi connectivity index (χ1) is 15.7. The summed E-state index contributed by atoms with van der Waals surface area (Å²) < 4.78 is 5.08. The second-order valence-corrected chi connectivity index (χ2v) is 8.76. The molecule has 0 aliphatic carbocycles. The number of para-hydroxylation sites is 1. The third-order valence-corrected chi connectivity index (χ3v) is 7.15. The standard InChI is InChI=1S/C23H15Cl4NO5/c1-33-14-9-10(8-13(29)21(14)30)6-7-11-4-2-3-5-12(11)28-22(31)15-16(23(28)32)18(25)20(27)19(26)17(15)24/h2-5,8-9,29-30H,6-7H2,1H3. The fraction of sp³-hybridized carbons (Fsp3) is 0.130. The summed E-state index contributed by atoms with van der Waals surface area (Å²) in [6, 6.07) is 9.91. The van der Waals surface area contributed by atoms with Crippen LogP contribution in [-0.2, 0) is 12.8 Å². The van der Waals surface area contributed by atoms with E-state index in [2.05, 4.69) is 0 Å². The van der Waals surface area contributed by atoms with E-state index in [0.717, 1.165) is 4.90 Å². The van der Waals surface area contributed by atoms with Crippen molar-refractivity contribution in [2.75, 3.05) is 12.0 Å². The third-order valence-electron chi connectivity index (χ3n) is 5.35. The molecule has 6 nitrogen and oxygen atoms in total. The van der Waals surface area contributed by atoms with Crippen molar-refractivity contribution in [2.24, 2.45) is 0 Å². The molecule has 0 radical (unpaired) electrons. The molecule has 0 spiro atoms. The highest BCUT2D eigenvalue weighted by molar-refractivity contribution is 6.56. The molecule has 3 aromatic rings. The summed E-state index contributed by atoms with van der Waals surface area (Å²) in [7, 11) is 1.38. The minimum Gasteiger partial charge on any atom is -0.504 e. The van der Waals surface area contributed by atoms with Crippen LogP contribution in [0.5, 0.6) is 17.2 Å². The lowest BCUT2D eigenvalue weighted by molar-refractivity contribution is 0.0926. The number of ether oxygens (including phenoxy) is 1. The van der Waals surface area contributed by atoms with Gasteiger partial charge in [-0.3, -0.25) is 9.59 Å². The van der Waals surface area contributed by atoms with Gasteiger partial charge in [-0.1, -0.05) is 64.6 Å². The van der Waals surface area contributed by atoms with Crippen LogP contribution in [0.4, 0.5) is 5.69 Å². The zero-order valence-corrected chi connectivity index (χ0v) is 20.0. The average molecular weight is 527 g/mol. The number of nitrogens with zero attached hydrogens (tertiary/aromatic N) is 1. The second kappa shape index (κ2) is 8.95. The van der Waals surface area contributed by atoms with Gasteiger partial charge in [-0.25, -0.2) is 4.90 Å². The van der Waals surface area contributed by atoms with E-state index in [0.29, 0.717) is 29.7 Å². The molecule has 2 amide bonds. The quantitative estimate of drug-likeness (QED) is 0.176. The van der Waals surface area contributed by atoms with Crippen LogP contribution >= 0.6 is 46.4 Å². The second-order valence-electron chi connectivity index (χ2n) is 7.25. The Labute approximate surface area is 208 Å². The maximum Gasteiger partial charge on any atom is 0.267 e. The number of hydrogen-bond donors (Lipinski definition) is 2. The SMILES string of the molecule is COc1cc(CCc2ccccc2N2C(=O)c3c(Cl)c(Cl)c(Cl)c(Cl)c3C2=O)cc(O)c1O. The third kappa shape index (κ3) is 3.87. The molecule has 0 fully saturated rings. The Morgan fingerprint density at radius 1 is 0.848 bits per heavy atom. The number of methoxy groups -OCH3 is 1. The van der Waals surface area contributed by atoms with Crippen LogP contribution in [0.15, 0.2) is 36.4 Å². The van der Waals surface area contributed by atoms with E-state index in [-0.39, 0.29) is 48.5 Å². The maximum atomic E-state index is 13.2. The van der Waals surface area contributed by atoms with Crippen molar-refractivity contribution in [2.45, 2.75) is 12.8 Å². The molecule has 0 bridgehead atoms. The lowest BCUT2D eigenvalue weighted by Crippen LogP contribution is -2.30. The fourth-order valence-corrected chi connectivity index (χ4v) is 4.75. The Balaban J connectivity index is 1.71. The number of anilines is 1. The lowest BCUT2D eigenvalue weighted by Gasteiger charge is -2.18. The normalized spacial score (nSPS) is 12.9. The average Bonchev–Trinajstić information content (AvgIpc) is 3.07. The number of halogens is 4. The highest BCUT2D eigenvalue weighted by Crippen LogP contribution is 2.46. The minimum absolute atomic E-state index is 0.0935. The van der Waals surface area contributed by atoms with Gasteiger partial charge in [0.2, 0.25) is 5.75 Å². The van der Waals surface area contributed by atoms with Crippen LogP contribution in [0.3, 0.4) is 0 Å². The number of aromatic hydroxyl groups is 2. The van der Waals surface area contributed by atoms with Gasteiger partial charge in [0.15, 0.2) is 11.5 Å². The van der Waals surface area contributed by atoms with E-state index in [1.807, 2.05) is 0 Å². The van der Waals surface area contributed by atoms with Crippen molar-refractivity contribution in [3.05, 3.63) is 78.7 Å². The largest absolute Gasteiger partial charge is 0.504 e. The number of phenolic OH excluding ortho intramolecular Hbond substituents is 2. The molecule has 0 unspecified atom stereocenters. The predicted molar refractivity (Wildman–Crippen MR) is 128 cm³/mol. The van der Waals surface area contributed by atoms with Gasteiger partial charge in [-0.05, 0) is 42.2 Å². The molecule has 1 aliphatic rings. The van der Waals surface area contributed by atoms with E-state index in [1.54, 1.807) is 30.3 Å². The zero-order chi connectivity index (χ0) is 24.0. The van der Waals surface area contributed by atoms with E-state index < -0.39 is 11.8 Å². The van der Waals surface area contributed by atoms with Crippen LogP contribution in [0.25, 0.3) is 0 Å². The molecule has 0 saturated carbocycles. The monoisotopic (exact) mass is 525 g/mol. The van der Waals surface area contributed by atoms with E-state index in [4.69, 9.17) is 51.1 Å². The predicted octanol–water partition coefficient (Wildman–Crippen LogP) is 6.31. The molecule has 4 rings (SSSR count). The Hall–Kier alpha value is -2.64. The lowest BCUT2D eigenvalue weighted by atomic mass is 10.0. The molecule has 1 heterocycles. The zero-order valence-electron chi connectivity index (χ0n) is 17.0. The van der Waals surface area contributed by atoms with Crippen LogP contribution < -0.4 is 9.64 Å². The number of carbonyl (C=O) groups is 2. The van der Waals surface area contributed by atoms with Crippen molar-refractivity contribution >= 4 is 63.9 Å². The van der Waals surface area contributed by atoms with Crippen LogP contribution in [0.1, 0.15) is 31.8 Å². The van der Waals surface area contributed by atoms with Gasteiger partial charge < -0.3 is 14.9 Å². The Kier molecular flexibility index (Phi) is 6.38. The number of amides is 2. The first-order valence-electron chi connectivity index (χ1n) is 9.58. The summed E-state index contributed by atoms with van der Waals surface area (Å²) >= 11 is 24.7. The van der Waals surface area contributed by atoms with E-state index >= 15 is 0 Å². The maximum absolute atomic E-state index is 13.2. The molecule has 0 saturated heterocycles. The number of hydrogen-bond acceptors (Lipinski definition) is 5. The number of fused-ring (bicyclic) bond motifs is 1. The molecule has 33 heavy (non-hydrogen) atoms. The first kappa shape index (κ1) is 23.5. The number of benzene rings is 3. The van der Waals surface area contributed by atoms with Crippen molar-refractivity contribution in [1.82, 2.24) is 0 Å². The van der Waals surface area contributed by atoms with Gasteiger partial charge >= 0.3 is 0 Å². The number of aryl methyl sites for hydroxylation is 2. The summed E-state index contributed by atoms with van der Waals surface area (Å²) in [6.07, 6.45) is 0.823. The molecule has 3 aromatic carbocycles. The molecule has 2 N–H and O–H groups in total. The molecule has 0 aromatic heterocycles. The molecule has 1 aliphatic heterocycles. The van der Waals surface area contributed by atoms with Crippen molar-refractivity contribution in [3.8, 4) is 17.2 Å². The highest BCUT2D eigenvalue weighted by Gasteiger charge is 2.43. The molecule has 170 valence electrons. The summed E-state index contributed by atoms with van der Waals surface area (Å²) in [4.78, 5) is 27.4. The van der Waals surface area contributed by atoms with Gasteiger partial charge in [-0.2, -0.15) is 0 Å². The number of rotatable bonds is 5. The van der Waals surface area contributed by atoms with Gasteiger partial charge in [0.25, 0.3) is 11.8 Å². The van der Waals surface area contributed by atoms with Gasteiger partial charge in [0.05, 0.1) is 44.0 Å². The van der Waals surface area contributed by atoms with Crippen molar-refractivity contribution in [3.63, 3.8) is 0 Å². The smallest absolute Gasteiger partial charge is 0.267 e. The van der Waals surface area contributed by atoms with E-state index in [1.165, 1.54) is 13.2 Å². The Morgan fingerprint density at radius 3 is 2.00 bits per heavy atom. The van der Waals surface area contributed by atoms with E-state index in [9.17, 15) is 19.8 Å². The molecular formula is C23H15Cl4NO5. The molecular weight excluding hydrogens is 512 g/mol. The summed E-state index contributed by atoms with van der Waals surface area (Å²) in [6.45, 7) is 0. The Bertz CT molecular complexity index is 1280. The van der Waals surface area contributed by atoms with Crippen LogP contribution in [0, 0.1) is 0 Å². The van der Waals surface area contributed by atoms with Crippen molar-refractivity contribution < 1.29 is 24.5 Å². The van der Waals surface area contributed by atoms with Crippen LogP contribution in [-0.4, -0.2) is 29.1 Å². The van der Waals surface area contributed by atoms with Gasteiger partial charge in [0.1, 0.15) is 0 Å². The number of imide groups is 1. The van der Waals surface area contributed by atoms with Gasteiger partial charge in [-0.15, -0.1) is 0 Å². The molecule has 0 atom stereocenters. The number of carbonyl (C=O) groups excluding carboxylic acids is 2. The van der Waals surface area contributed by atoms with Crippen molar-refractivity contribution in [1.29, 1.82) is 0 Å². The summed E-state index contributed by atoms with van der Waals surface area (Å²) in [5.41, 5.74) is 1.54. The van der Waals surface area contributed by atoms with Gasteiger partial charge in [0, 0.05) is 0 Å². The summed E-state index contributed by atoms with van der Waals surface area (Å²) in [5.74, 6) is -1.83. The Morgan fingerprint density at radius 2 is 1.42 bits per heavy atom. The highest BCUT2D eigenvalue weighted by atomic mass is 35.5. The number of phenols is 2. The first-order valence-corrected chi connectivity index (χ1v) is 11.1.